The van der Waals surface area contributed by atoms with Crippen LogP contribution in [0.5, 0.6) is 0 Å². The molecule has 17 heavy (non-hydrogen) atoms. The van der Waals surface area contributed by atoms with Gasteiger partial charge >= 0.3 is 0 Å². The second kappa shape index (κ2) is 5.28. The van der Waals surface area contributed by atoms with Crippen molar-refractivity contribution in [1.29, 1.82) is 5.26 Å². The zero-order chi connectivity index (χ0) is 13.1. The molecule has 0 aliphatic heterocycles. The molecule has 0 bridgehead atoms. The summed E-state index contributed by atoms with van der Waals surface area (Å²) in [5, 5.41) is 8.85. The molecule has 0 saturated heterocycles. The molecule has 1 aromatic rings. The molecule has 0 heterocycles. The summed E-state index contributed by atoms with van der Waals surface area (Å²) in [5.41, 5.74) is 5.28. The zero-order valence-electron chi connectivity index (χ0n) is 9.87. The molecule has 5 heteroatoms. The van der Waals surface area contributed by atoms with E-state index in [0.717, 1.165) is 6.07 Å². The minimum atomic E-state index is -1.29. The fraction of sp³-hybridized carbons (Fsp3) is 0.417. The monoisotopic (exact) mass is 254 g/mol. The van der Waals surface area contributed by atoms with E-state index in [1.54, 1.807) is 13.8 Å². The molecule has 2 N–H and O–H groups in total. The Morgan fingerprint density at radius 2 is 2.18 bits per heavy atom. The van der Waals surface area contributed by atoms with Gasteiger partial charge in [-0.3, -0.25) is 4.21 Å². The van der Waals surface area contributed by atoms with Crippen LogP contribution in [-0.4, -0.2) is 9.96 Å². The first kappa shape index (κ1) is 13.7. The van der Waals surface area contributed by atoms with Crippen LogP contribution in [-0.2, 0) is 10.8 Å². The van der Waals surface area contributed by atoms with Crippen molar-refractivity contribution in [3.05, 3.63) is 24.0 Å². The number of nitrogen functional groups attached to an aromatic ring is 1. The van der Waals surface area contributed by atoms with Crippen molar-refractivity contribution in [1.82, 2.24) is 0 Å². The Kier molecular flexibility index (Phi) is 4.24. The summed E-state index contributed by atoms with van der Waals surface area (Å²) in [6, 6.07) is 5.97. The van der Waals surface area contributed by atoms with Gasteiger partial charge in [-0.2, -0.15) is 5.26 Å². The van der Waals surface area contributed by atoms with E-state index in [9.17, 15) is 8.60 Å². The maximum Gasteiger partial charge on any atom is 0.125 e. The van der Waals surface area contributed by atoms with E-state index < -0.39 is 22.0 Å². The van der Waals surface area contributed by atoms with E-state index in [0.29, 0.717) is 17.1 Å². The van der Waals surface area contributed by atoms with Gasteiger partial charge in [-0.15, -0.1) is 0 Å². The molecular weight excluding hydrogens is 239 g/mol. The predicted octanol–water partition coefficient (Wildman–Crippen LogP) is 2.46. The number of nitrogens with two attached hydrogens (primary N) is 1. The lowest BCUT2D eigenvalue weighted by Crippen LogP contribution is -2.13. The molecular formula is C12H15FN2OS. The highest BCUT2D eigenvalue weighted by Gasteiger charge is 2.19. The first-order chi connectivity index (χ1) is 7.85. The average Bonchev–Trinajstić information content (AvgIpc) is 2.26. The van der Waals surface area contributed by atoms with Crippen LogP contribution in [0.1, 0.15) is 20.3 Å². The van der Waals surface area contributed by atoms with E-state index in [2.05, 4.69) is 6.07 Å². The molecule has 1 atom stereocenters. The Morgan fingerprint density at radius 3 is 2.71 bits per heavy atom. The molecule has 0 aliphatic rings. The summed E-state index contributed by atoms with van der Waals surface area (Å²) in [6.07, 6.45) is 0.507. The number of rotatable bonds is 4. The highest BCUT2D eigenvalue weighted by molar-refractivity contribution is 7.85. The van der Waals surface area contributed by atoms with Crippen LogP contribution in [0.15, 0.2) is 23.1 Å². The van der Waals surface area contributed by atoms with Crippen molar-refractivity contribution >= 4 is 16.5 Å². The maximum absolute atomic E-state index is 12.8. The van der Waals surface area contributed by atoms with Gasteiger partial charge in [-0.25, -0.2) is 4.39 Å². The first-order valence-corrected chi connectivity index (χ1v) is 6.52. The lowest BCUT2D eigenvalue weighted by Gasteiger charge is -2.14. The third kappa shape index (κ3) is 3.82. The van der Waals surface area contributed by atoms with Crippen LogP contribution >= 0.6 is 0 Å². The van der Waals surface area contributed by atoms with Gasteiger partial charge in [0.2, 0.25) is 0 Å². The van der Waals surface area contributed by atoms with Gasteiger partial charge in [0, 0.05) is 5.75 Å². The summed E-state index contributed by atoms with van der Waals surface area (Å²) in [7, 11) is -1.29. The number of nitrogens with zero attached hydrogens (tertiary/aromatic N) is 1. The van der Waals surface area contributed by atoms with Crippen LogP contribution in [0.25, 0.3) is 0 Å². The number of nitriles is 1. The van der Waals surface area contributed by atoms with Crippen molar-refractivity contribution in [2.24, 2.45) is 5.41 Å². The van der Waals surface area contributed by atoms with Crippen molar-refractivity contribution in [3.63, 3.8) is 0 Å². The minimum absolute atomic E-state index is 0.193. The van der Waals surface area contributed by atoms with E-state index >= 15 is 0 Å². The Morgan fingerprint density at radius 1 is 1.53 bits per heavy atom. The van der Waals surface area contributed by atoms with Gasteiger partial charge in [-0.1, -0.05) is 0 Å². The molecule has 0 saturated carbocycles. The predicted molar refractivity (Wildman–Crippen MR) is 66.1 cm³/mol. The average molecular weight is 254 g/mol. The summed E-state index contributed by atoms with van der Waals surface area (Å²) < 4.78 is 24.8. The third-order valence-electron chi connectivity index (χ3n) is 2.43. The SMILES string of the molecule is CC(C)(C#N)CCS(=O)c1ccc(F)cc1N. The second-order valence-corrected chi connectivity index (χ2v) is 6.02. The van der Waals surface area contributed by atoms with Crippen LogP contribution in [0.3, 0.4) is 0 Å². The van der Waals surface area contributed by atoms with E-state index in [1.165, 1.54) is 12.1 Å². The van der Waals surface area contributed by atoms with Gasteiger partial charge in [0.05, 0.1) is 32.9 Å². The molecule has 1 unspecified atom stereocenters. The molecule has 0 aliphatic carbocycles. The Bertz CT molecular complexity index is 480. The standard InChI is InChI=1S/C12H15FN2OS/c1-12(2,8-14)5-6-17(16)11-4-3-9(13)7-10(11)15/h3-4,7H,5-6,15H2,1-2H3. The molecule has 0 spiro atoms. The van der Waals surface area contributed by atoms with Gasteiger partial charge in [0.25, 0.3) is 0 Å². The highest BCUT2D eigenvalue weighted by Crippen LogP contribution is 2.23. The molecule has 0 radical (unpaired) electrons. The smallest absolute Gasteiger partial charge is 0.125 e. The lowest BCUT2D eigenvalue weighted by atomic mass is 9.93. The molecule has 0 aromatic heterocycles. The normalized spacial score (nSPS) is 13.1. The van der Waals surface area contributed by atoms with Gasteiger partial charge < -0.3 is 5.73 Å². The summed E-state index contributed by atoms with van der Waals surface area (Å²) in [4.78, 5) is 0.431. The molecule has 0 amide bonds. The van der Waals surface area contributed by atoms with Gasteiger partial charge in [0.1, 0.15) is 5.82 Å². The molecule has 0 fully saturated rings. The van der Waals surface area contributed by atoms with Crippen LogP contribution in [0.4, 0.5) is 10.1 Å². The number of hydrogen-bond acceptors (Lipinski definition) is 3. The summed E-state index contributed by atoms with van der Waals surface area (Å²) in [5.74, 6) is -0.100. The first-order valence-electron chi connectivity index (χ1n) is 5.20. The number of halogens is 1. The highest BCUT2D eigenvalue weighted by atomic mass is 32.2. The summed E-state index contributed by atoms with van der Waals surface area (Å²) >= 11 is 0. The lowest BCUT2D eigenvalue weighted by molar-refractivity contribution is 0.479. The fourth-order valence-electron chi connectivity index (χ4n) is 1.24. The van der Waals surface area contributed by atoms with Gasteiger partial charge in [-0.05, 0) is 38.5 Å². The van der Waals surface area contributed by atoms with Crippen LogP contribution < -0.4 is 5.73 Å². The molecule has 1 rings (SSSR count). The van der Waals surface area contributed by atoms with E-state index in [-0.39, 0.29) is 5.69 Å². The van der Waals surface area contributed by atoms with Crippen LogP contribution in [0, 0.1) is 22.6 Å². The Balaban J connectivity index is 2.75. The molecule has 1 aromatic carbocycles. The molecule has 92 valence electrons. The second-order valence-electron chi connectivity index (χ2n) is 4.48. The van der Waals surface area contributed by atoms with Gasteiger partial charge in [0.15, 0.2) is 0 Å². The van der Waals surface area contributed by atoms with Crippen molar-refractivity contribution in [2.75, 3.05) is 11.5 Å². The van der Waals surface area contributed by atoms with E-state index in [1.807, 2.05) is 0 Å². The number of benzene rings is 1. The molecule has 3 nitrogen and oxygen atoms in total. The number of anilines is 1. The summed E-state index contributed by atoms with van der Waals surface area (Å²) in [6.45, 7) is 3.58. The Labute approximate surface area is 103 Å². The fourth-order valence-corrected chi connectivity index (χ4v) is 2.70. The maximum atomic E-state index is 12.8. The number of hydrogen-bond donors (Lipinski definition) is 1. The largest absolute Gasteiger partial charge is 0.398 e. The quantitative estimate of drug-likeness (QED) is 0.839. The Hall–Kier alpha value is -1.41. The zero-order valence-corrected chi connectivity index (χ0v) is 10.7. The van der Waals surface area contributed by atoms with Crippen molar-refractivity contribution in [3.8, 4) is 6.07 Å². The van der Waals surface area contributed by atoms with Crippen LogP contribution in [0.2, 0.25) is 0 Å². The minimum Gasteiger partial charge on any atom is -0.398 e. The van der Waals surface area contributed by atoms with Crippen molar-refractivity contribution < 1.29 is 8.60 Å². The van der Waals surface area contributed by atoms with E-state index in [4.69, 9.17) is 11.0 Å². The topological polar surface area (TPSA) is 66.9 Å². The third-order valence-corrected chi connectivity index (χ3v) is 3.87. The van der Waals surface area contributed by atoms with Crippen molar-refractivity contribution in [2.45, 2.75) is 25.2 Å².